The molecular formula is C17H18BrN. The highest BCUT2D eigenvalue weighted by Gasteiger charge is 2.28. The van der Waals surface area contributed by atoms with Crippen molar-refractivity contribution in [1.82, 2.24) is 5.32 Å². The van der Waals surface area contributed by atoms with Gasteiger partial charge in [0.2, 0.25) is 0 Å². The second kappa shape index (κ2) is 5.48. The van der Waals surface area contributed by atoms with Crippen molar-refractivity contribution in [3.63, 3.8) is 0 Å². The minimum atomic E-state index is 0.431. The fourth-order valence-electron chi connectivity index (χ4n) is 3.17. The first-order chi connectivity index (χ1) is 9.28. The van der Waals surface area contributed by atoms with E-state index >= 15 is 0 Å². The van der Waals surface area contributed by atoms with Crippen molar-refractivity contribution in [1.29, 1.82) is 0 Å². The van der Waals surface area contributed by atoms with Gasteiger partial charge < -0.3 is 5.32 Å². The summed E-state index contributed by atoms with van der Waals surface area (Å²) >= 11 is 3.50. The Morgan fingerprint density at radius 1 is 1.00 bits per heavy atom. The van der Waals surface area contributed by atoms with Crippen LogP contribution in [0, 0.1) is 5.92 Å². The maximum Gasteiger partial charge on any atom is 0.0352 e. The maximum atomic E-state index is 3.50. The molecule has 0 radical (unpaired) electrons. The van der Waals surface area contributed by atoms with E-state index in [2.05, 4.69) is 76.8 Å². The number of rotatable bonds is 3. The van der Waals surface area contributed by atoms with Crippen molar-refractivity contribution in [3.05, 3.63) is 69.7 Å². The first-order valence-corrected chi connectivity index (χ1v) is 7.56. The van der Waals surface area contributed by atoms with Gasteiger partial charge in [-0.2, -0.15) is 0 Å². The SMILES string of the molecule is CNC(c1ccc(Br)cc1)C1Cc2ccccc2C1. The lowest BCUT2D eigenvalue weighted by molar-refractivity contribution is 0.397. The minimum absolute atomic E-state index is 0.431. The van der Waals surface area contributed by atoms with Crippen LogP contribution in [0.15, 0.2) is 53.0 Å². The molecule has 1 nitrogen and oxygen atoms in total. The topological polar surface area (TPSA) is 12.0 Å². The summed E-state index contributed by atoms with van der Waals surface area (Å²) in [5.41, 5.74) is 4.42. The Balaban J connectivity index is 1.83. The number of hydrogen-bond acceptors (Lipinski definition) is 1. The van der Waals surface area contributed by atoms with E-state index in [1.165, 1.54) is 29.5 Å². The first kappa shape index (κ1) is 12.9. The Morgan fingerprint density at radius 2 is 1.58 bits per heavy atom. The van der Waals surface area contributed by atoms with Crippen LogP contribution in [0.4, 0.5) is 0 Å². The van der Waals surface area contributed by atoms with Crippen LogP contribution in [-0.4, -0.2) is 7.05 Å². The second-order valence-electron chi connectivity index (χ2n) is 5.25. The number of halogens is 1. The number of nitrogens with one attached hydrogen (secondary N) is 1. The molecule has 0 amide bonds. The van der Waals surface area contributed by atoms with Gasteiger partial charge in [-0.3, -0.25) is 0 Å². The molecule has 0 spiro atoms. The lowest BCUT2D eigenvalue weighted by Gasteiger charge is -2.23. The van der Waals surface area contributed by atoms with Gasteiger partial charge in [-0.1, -0.05) is 52.3 Å². The summed E-state index contributed by atoms with van der Waals surface area (Å²) in [7, 11) is 2.07. The van der Waals surface area contributed by atoms with Gasteiger partial charge in [0, 0.05) is 10.5 Å². The summed E-state index contributed by atoms with van der Waals surface area (Å²) in [6.45, 7) is 0. The molecule has 3 rings (SSSR count). The molecule has 0 bridgehead atoms. The monoisotopic (exact) mass is 315 g/mol. The van der Waals surface area contributed by atoms with Crippen LogP contribution in [0.1, 0.15) is 22.7 Å². The summed E-state index contributed by atoms with van der Waals surface area (Å²) in [5.74, 6) is 0.656. The van der Waals surface area contributed by atoms with Crippen LogP contribution in [0.2, 0.25) is 0 Å². The van der Waals surface area contributed by atoms with E-state index in [-0.39, 0.29) is 0 Å². The fraction of sp³-hybridized carbons (Fsp3) is 0.294. The van der Waals surface area contributed by atoms with Crippen molar-refractivity contribution >= 4 is 15.9 Å². The van der Waals surface area contributed by atoms with Gasteiger partial charge in [0.1, 0.15) is 0 Å². The van der Waals surface area contributed by atoms with Crippen molar-refractivity contribution < 1.29 is 0 Å². The molecule has 0 aliphatic heterocycles. The van der Waals surface area contributed by atoms with Crippen LogP contribution in [0.5, 0.6) is 0 Å². The zero-order valence-corrected chi connectivity index (χ0v) is 12.7. The molecule has 1 aliphatic rings. The predicted octanol–water partition coefficient (Wildman–Crippen LogP) is 4.12. The zero-order chi connectivity index (χ0) is 13.2. The van der Waals surface area contributed by atoms with Crippen molar-refractivity contribution in [2.24, 2.45) is 5.92 Å². The van der Waals surface area contributed by atoms with Crippen molar-refractivity contribution in [2.75, 3.05) is 7.05 Å². The van der Waals surface area contributed by atoms with E-state index in [9.17, 15) is 0 Å². The summed E-state index contributed by atoms with van der Waals surface area (Å²) < 4.78 is 1.14. The largest absolute Gasteiger partial charge is 0.313 e. The third kappa shape index (κ3) is 2.60. The van der Waals surface area contributed by atoms with E-state index in [0.717, 1.165) is 4.47 Å². The highest BCUT2D eigenvalue weighted by atomic mass is 79.9. The highest BCUT2D eigenvalue weighted by Crippen LogP contribution is 2.35. The average molecular weight is 316 g/mol. The van der Waals surface area contributed by atoms with E-state index in [1.54, 1.807) is 0 Å². The molecule has 1 unspecified atom stereocenters. The summed E-state index contributed by atoms with van der Waals surface area (Å²) in [6.07, 6.45) is 2.36. The van der Waals surface area contributed by atoms with Gasteiger partial charge in [-0.05, 0) is 54.6 Å². The lowest BCUT2D eigenvalue weighted by atomic mass is 9.91. The maximum absolute atomic E-state index is 3.50. The number of hydrogen-bond donors (Lipinski definition) is 1. The Morgan fingerprint density at radius 3 is 2.11 bits per heavy atom. The molecule has 0 fully saturated rings. The second-order valence-corrected chi connectivity index (χ2v) is 6.17. The quantitative estimate of drug-likeness (QED) is 0.898. The van der Waals surface area contributed by atoms with Crippen molar-refractivity contribution in [2.45, 2.75) is 18.9 Å². The minimum Gasteiger partial charge on any atom is -0.313 e. The third-order valence-electron chi connectivity index (χ3n) is 4.09. The van der Waals surface area contributed by atoms with Gasteiger partial charge in [-0.15, -0.1) is 0 Å². The Kier molecular flexibility index (Phi) is 3.72. The van der Waals surface area contributed by atoms with Gasteiger partial charge in [-0.25, -0.2) is 0 Å². The predicted molar refractivity (Wildman–Crippen MR) is 83.3 cm³/mol. The molecule has 0 saturated heterocycles. The molecular weight excluding hydrogens is 298 g/mol. The van der Waals surface area contributed by atoms with Crippen LogP contribution in [-0.2, 0) is 12.8 Å². The molecule has 0 heterocycles. The zero-order valence-electron chi connectivity index (χ0n) is 11.1. The van der Waals surface area contributed by atoms with E-state index < -0.39 is 0 Å². The summed E-state index contributed by atoms with van der Waals surface area (Å²) in [4.78, 5) is 0. The first-order valence-electron chi connectivity index (χ1n) is 6.77. The lowest BCUT2D eigenvalue weighted by Crippen LogP contribution is -2.25. The molecule has 98 valence electrons. The molecule has 19 heavy (non-hydrogen) atoms. The Bertz CT molecular complexity index is 537. The van der Waals surface area contributed by atoms with Gasteiger partial charge in [0.15, 0.2) is 0 Å². The van der Waals surface area contributed by atoms with E-state index in [4.69, 9.17) is 0 Å². The van der Waals surface area contributed by atoms with E-state index in [1.807, 2.05) is 0 Å². The van der Waals surface area contributed by atoms with Gasteiger partial charge >= 0.3 is 0 Å². The van der Waals surface area contributed by atoms with Crippen molar-refractivity contribution in [3.8, 4) is 0 Å². The Labute approximate surface area is 123 Å². The summed E-state index contributed by atoms with van der Waals surface area (Å²) in [5, 5.41) is 3.50. The average Bonchev–Trinajstić information content (AvgIpc) is 2.85. The standard InChI is InChI=1S/C17H18BrN/c1-19-17(12-6-8-16(18)9-7-12)15-10-13-4-2-3-5-14(13)11-15/h2-9,15,17,19H,10-11H2,1H3. The van der Waals surface area contributed by atoms with Gasteiger partial charge in [0.05, 0.1) is 0 Å². The molecule has 0 aromatic heterocycles. The normalized spacial score (nSPS) is 16.3. The number of fused-ring (bicyclic) bond motifs is 1. The molecule has 2 aromatic carbocycles. The van der Waals surface area contributed by atoms with Crippen LogP contribution in [0.25, 0.3) is 0 Å². The molecule has 2 aromatic rings. The molecule has 1 atom stereocenters. The fourth-order valence-corrected chi connectivity index (χ4v) is 3.44. The van der Waals surface area contributed by atoms with Crippen LogP contribution in [0.3, 0.4) is 0 Å². The van der Waals surface area contributed by atoms with Gasteiger partial charge in [0.25, 0.3) is 0 Å². The van der Waals surface area contributed by atoms with E-state index in [0.29, 0.717) is 12.0 Å². The third-order valence-corrected chi connectivity index (χ3v) is 4.62. The molecule has 1 N–H and O–H groups in total. The van der Waals surface area contributed by atoms with Crippen LogP contribution < -0.4 is 5.32 Å². The molecule has 2 heteroatoms. The summed E-state index contributed by atoms with van der Waals surface area (Å²) in [6, 6.07) is 17.9. The van der Waals surface area contributed by atoms with Crippen LogP contribution >= 0.6 is 15.9 Å². The molecule has 1 aliphatic carbocycles. The molecule has 0 saturated carbocycles. The smallest absolute Gasteiger partial charge is 0.0352 e. The number of benzene rings is 2. The Hall–Kier alpha value is -1.12. The highest BCUT2D eigenvalue weighted by molar-refractivity contribution is 9.10.